The van der Waals surface area contributed by atoms with E-state index in [2.05, 4.69) is 25.6 Å². The van der Waals surface area contributed by atoms with E-state index in [1.807, 2.05) is 31.2 Å². The van der Waals surface area contributed by atoms with Crippen LogP contribution in [0.15, 0.2) is 78.0 Å². The van der Waals surface area contributed by atoms with Crippen LogP contribution in [0.25, 0.3) is 22.5 Å². The first-order valence-electron chi connectivity index (χ1n) is 17.6. The maximum absolute atomic E-state index is 14.9. The lowest BCUT2D eigenvalue weighted by Crippen LogP contribution is -2.22. The molecule has 276 valence electrons. The van der Waals surface area contributed by atoms with Crippen LogP contribution in [0.4, 0.5) is 20.4 Å². The molecule has 5 aromatic rings. The minimum Gasteiger partial charge on any atom is -0.466 e. The molecule has 14 heteroatoms. The van der Waals surface area contributed by atoms with Crippen molar-refractivity contribution in [1.29, 1.82) is 0 Å². The van der Waals surface area contributed by atoms with Crippen LogP contribution in [0.3, 0.4) is 0 Å². The van der Waals surface area contributed by atoms with E-state index in [1.54, 1.807) is 35.3 Å². The van der Waals surface area contributed by atoms with E-state index in [9.17, 15) is 18.7 Å². The Labute approximate surface area is 311 Å². The van der Waals surface area contributed by atoms with Gasteiger partial charge in [-0.3, -0.25) is 9.79 Å². The minimum absolute atomic E-state index is 0.117. The average Bonchev–Trinajstić information content (AvgIpc) is 3.55. The van der Waals surface area contributed by atoms with Gasteiger partial charge in [-0.2, -0.15) is 0 Å². The van der Waals surface area contributed by atoms with Crippen molar-refractivity contribution in [3.05, 3.63) is 106 Å². The molecule has 1 atom stereocenters. The highest BCUT2D eigenvalue weighted by Crippen LogP contribution is 2.35. The van der Waals surface area contributed by atoms with Crippen LogP contribution in [0.2, 0.25) is 5.02 Å². The number of unbranched alkanes of at least 4 members (excludes halogenated alkanes) is 4. The van der Waals surface area contributed by atoms with Gasteiger partial charge in [0.1, 0.15) is 17.3 Å². The van der Waals surface area contributed by atoms with Crippen molar-refractivity contribution in [2.24, 2.45) is 4.99 Å². The third-order valence-corrected chi connectivity index (χ3v) is 8.86. The van der Waals surface area contributed by atoms with E-state index in [1.165, 1.54) is 18.2 Å². The highest BCUT2D eigenvalue weighted by Gasteiger charge is 2.25. The fraction of sp³-hybridized carbons (Fsp3) is 0.333. The van der Waals surface area contributed by atoms with Gasteiger partial charge in [0.05, 0.1) is 55.6 Å². The Balaban J connectivity index is 1.02. The van der Waals surface area contributed by atoms with Gasteiger partial charge in [-0.25, -0.2) is 23.4 Å². The Hall–Kier alpha value is -5.11. The molecular formula is C39H40ClF2N7O4. The predicted octanol–water partition coefficient (Wildman–Crippen LogP) is 7.71. The summed E-state index contributed by atoms with van der Waals surface area (Å²) in [7, 11) is 0. The third kappa shape index (κ3) is 9.86. The number of esters is 1. The van der Waals surface area contributed by atoms with Gasteiger partial charge in [-0.1, -0.05) is 60.3 Å². The van der Waals surface area contributed by atoms with Gasteiger partial charge in [0.2, 0.25) is 5.95 Å². The summed E-state index contributed by atoms with van der Waals surface area (Å²) in [6.07, 6.45) is 7.88. The van der Waals surface area contributed by atoms with Crippen molar-refractivity contribution in [1.82, 2.24) is 25.0 Å². The molecule has 0 spiro atoms. The topological polar surface area (TPSA) is 137 Å². The zero-order valence-corrected chi connectivity index (χ0v) is 30.0. The van der Waals surface area contributed by atoms with Gasteiger partial charge in [0, 0.05) is 52.2 Å². The summed E-state index contributed by atoms with van der Waals surface area (Å²) in [6.45, 7) is 3.34. The molecule has 6 rings (SSSR count). The van der Waals surface area contributed by atoms with Gasteiger partial charge in [0.25, 0.3) is 0 Å². The van der Waals surface area contributed by atoms with E-state index in [4.69, 9.17) is 26.1 Å². The summed E-state index contributed by atoms with van der Waals surface area (Å²) in [4.78, 5) is 25.2. The second-order valence-electron chi connectivity index (χ2n) is 12.6. The molecule has 0 saturated carbocycles. The number of halogens is 3. The fourth-order valence-corrected chi connectivity index (χ4v) is 6.19. The molecule has 11 nitrogen and oxygen atoms in total. The van der Waals surface area contributed by atoms with E-state index < -0.39 is 17.7 Å². The maximum atomic E-state index is 14.9. The first kappa shape index (κ1) is 37.6. The van der Waals surface area contributed by atoms with Gasteiger partial charge < -0.3 is 19.9 Å². The van der Waals surface area contributed by atoms with Crippen LogP contribution in [-0.2, 0) is 27.4 Å². The zero-order chi connectivity index (χ0) is 37.2. The Bertz CT molecular complexity index is 2040. The van der Waals surface area contributed by atoms with Gasteiger partial charge >= 0.3 is 5.97 Å². The number of fused-ring (bicyclic) bond motifs is 3. The lowest BCUT2D eigenvalue weighted by atomic mass is 9.95. The number of carbonyl (C=O) groups excluding carboxylic acids is 1. The summed E-state index contributed by atoms with van der Waals surface area (Å²) < 4.78 is 41.9. The number of aliphatic imine (C=N–C) groups is 1. The summed E-state index contributed by atoms with van der Waals surface area (Å²) in [5.41, 5.74) is 4.49. The predicted molar refractivity (Wildman–Crippen MR) is 198 cm³/mol. The number of rotatable bonds is 17. The van der Waals surface area contributed by atoms with Crippen LogP contribution < -0.4 is 5.32 Å². The molecule has 0 radical (unpaired) electrons. The van der Waals surface area contributed by atoms with Crippen LogP contribution in [0.1, 0.15) is 62.1 Å². The molecule has 0 saturated heterocycles. The number of benzene rings is 3. The molecule has 3 aromatic carbocycles. The summed E-state index contributed by atoms with van der Waals surface area (Å²) in [5, 5.41) is 22.5. The number of carbonyl (C=O) groups is 1. The van der Waals surface area contributed by atoms with Crippen molar-refractivity contribution in [2.45, 2.75) is 64.6 Å². The Kier molecular flexibility index (Phi) is 12.8. The van der Waals surface area contributed by atoms with Crippen molar-refractivity contribution in [2.75, 3.05) is 25.1 Å². The Morgan fingerprint density at radius 1 is 1.02 bits per heavy atom. The normalized spacial score (nSPS) is 12.7. The zero-order valence-electron chi connectivity index (χ0n) is 29.3. The number of anilines is 2. The van der Waals surface area contributed by atoms with Crippen LogP contribution >= 0.6 is 11.6 Å². The molecule has 0 fully saturated rings. The van der Waals surface area contributed by atoms with Crippen molar-refractivity contribution >= 4 is 34.9 Å². The fourth-order valence-electron chi connectivity index (χ4n) is 6.02. The number of aromatic nitrogens is 5. The molecule has 0 aliphatic carbocycles. The number of aliphatic hydroxyl groups excluding tert-OH is 1. The van der Waals surface area contributed by atoms with Crippen LogP contribution in [0, 0.1) is 11.6 Å². The maximum Gasteiger partial charge on any atom is 0.305 e. The van der Waals surface area contributed by atoms with Gasteiger partial charge in [-0.05, 0) is 56.2 Å². The molecule has 3 heterocycles. The average molecular weight is 744 g/mol. The molecule has 0 bridgehead atoms. The van der Waals surface area contributed by atoms with Crippen molar-refractivity contribution in [3.63, 3.8) is 0 Å². The number of aliphatic hydroxyl groups is 1. The summed E-state index contributed by atoms with van der Waals surface area (Å²) in [5.74, 6) is -1.25. The van der Waals surface area contributed by atoms with Gasteiger partial charge in [-0.15, -0.1) is 5.10 Å². The second-order valence-corrected chi connectivity index (χ2v) is 13.0. The monoisotopic (exact) mass is 743 g/mol. The second kappa shape index (κ2) is 18.1. The Morgan fingerprint density at radius 2 is 1.79 bits per heavy atom. The molecule has 1 unspecified atom stereocenters. The van der Waals surface area contributed by atoms with Crippen molar-refractivity contribution in [3.8, 4) is 22.5 Å². The summed E-state index contributed by atoms with van der Waals surface area (Å²) >= 11 is 6.34. The largest absolute Gasteiger partial charge is 0.466 e. The smallest absolute Gasteiger partial charge is 0.305 e. The van der Waals surface area contributed by atoms with E-state index in [0.717, 1.165) is 43.4 Å². The number of hydrogen-bond acceptors (Lipinski definition) is 10. The number of hydrogen-bond donors (Lipinski definition) is 2. The Morgan fingerprint density at radius 3 is 2.58 bits per heavy atom. The molecule has 0 amide bonds. The first-order valence-corrected chi connectivity index (χ1v) is 18.0. The minimum atomic E-state index is -0.732. The number of nitrogens with zero attached hydrogens (tertiary/aromatic N) is 6. The van der Waals surface area contributed by atoms with Gasteiger partial charge in [0.15, 0.2) is 0 Å². The quantitative estimate of drug-likeness (QED) is 0.0725. The highest BCUT2D eigenvalue weighted by atomic mass is 35.5. The van der Waals surface area contributed by atoms with Crippen molar-refractivity contribution < 1.29 is 28.2 Å². The van der Waals surface area contributed by atoms with E-state index in [0.29, 0.717) is 58.7 Å². The van der Waals surface area contributed by atoms with E-state index in [-0.39, 0.29) is 36.9 Å². The molecule has 1 aliphatic heterocycles. The molecule has 2 N–H and O–H groups in total. The molecule has 2 aromatic heterocycles. The SMILES string of the molecule is CCOC(=O)CCCCCCCOCC(O)Cn1cc(-c2ccc(Nc3ncc4c(n3)-c3ccc(Cl)cc3C(c3c(F)cccc3F)=NC4)cc2)nn1. The first-order chi connectivity index (χ1) is 25.8. The molecule has 1 aliphatic rings. The van der Waals surface area contributed by atoms with Crippen LogP contribution in [0.5, 0.6) is 0 Å². The lowest BCUT2D eigenvalue weighted by molar-refractivity contribution is -0.143. The summed E-state index contributed by atoms with van der Waals surface area (Å²) in [6, 6.07) is 16.3. The number of ether oxygens (including phenoxy) is 2. The van der Waals surface area contributed by atoms with E-state index >= 15 is 0 Å². The highest BCUT2D eigenvalue weighted by molar-refractivity contribution is 6.31. The third-order valence-electron chi connectivity index (χ3n) is 8.62. The number of nitrogens with one attached hydrogen (secondary N) is 1. The standard InChI is InChI=1S/C39H40ClF2N7O4/c1-2-53-35(51)11-6-4-3-5-7-18-52-24-29(50)22-49-23-34(47-48-49)25-12-15-28(16-13-25)45-39-44-21-26-20-43-38(36-32(41)9-8-10-33(36)42)31-19-27(40)14-17-30(31)37(26)46-39/h8-10,12-17,19,21,23,29,50H,2-7,11,18,20,22,24H2,1H3,(H,44,45,46). The molecular weight excluding hydrogens is 704 g/mol. The van der Waals surface area contributed by atoms with Crippen LogP contribution in [-0.4, -0.2) is 67.7 Å². The lowest BCUT2D eigenvalue weighted by Gasteiger charge is -2.13. The molecule has 53 heavy (non-hydrogen) atoms.